The van der Waals surface area contributed by atoms with Crippen molar-refractivity contribution in [3.05, 3.63) is 81.1 Å². The fourth-order valence-electron chi connectivity index (χ4n) is 3.49. The Kier molecular flexibility index (Phi) is 2.60. The largest absolute Gasteiger partial charge is 0.354 e. The first-order valence-electron chi connectivity index (χ1n) is 7.92. The van der Waals surface area contributed by atoms with Crippen molar-refractivity contribution in [1.82, 2.24) is 9.66 Å². The molecule has 5 aromatic rings. The van der Waals surface area contributed by atoms with E-state index in [1.807, 2.05) is 30.3 Å². The summed E-state index contributed by atoms with van der Waals surface area (Å²) in [5.74, 6) is 6.24. The van der Waals surface area contributed by atoms with Crippen molar-refractivity contribution in [3.63, 3.8) is 0 Å². The lowest BCUT2D eigenvalue weighted by Crippen LogP contribution is -2.17. The molecule has 0 amide bonds. The molecule has 0 atom stereocenters. The lowest BCUT2D eigenvalue weighted by Gasteiger charge is -2.11. The molecule has 0 radical (unpaired) electrons. The summed E-state index contributed by atoms with van der Waals surface area (Å²) in [6.45, 7) is 0. The zero-order valence-corrected chi connectivity index (χ0v) is 13.1. The molecular formula is C20H13N3O2. The third-order valence-electron chi connectivity index (χ3n) is 4.73. The van der Waals surface area contributed by atoms with Gasteiger partial charge >= 0.3 is 0 Å². The van der Waals surface area contributed by atoms with Crippen LogP contribution in [-0.4, -0.2) is 9.66 Å². The molecule has 0 spiro atoms. The molecule has 0 fully saturated rings. The number of nitrogen functional groups attached to an aromatic ring is 1. The van der Waals surface area contributed by atoms with E-state index >= 15 is 0 Å². The van der Waals surface area contributed by atoms with Gasteiger partial charge in [-0.25, -0.2) is 0 Å². The quantitative estimate of drug-likeness (QED) is 0.339. The molecular weight excluding hydrogens is 314 g/mol. The molecule has 3 N–H and O–H groups in total. The summed E-state index contributed by atoms with van der Waals surface area (Å²) in [6, 6.07) is 17.9. The number of hydrogen-bond donors (Lipinski definition) is 2. The molecule has 3 aromatic carbocycles. The van der Waals surface area contributed by atoms with Crippen LogP contribution in [0.1, 0.15) is 0 Å². The zero-order chi connectivity index (χ0) is 17.1. The van der Waals surface area contributed by atoms with Crippen LogP contribution in [0, 0.1) is 0 Å². The second-order valence-corrected chi connectivity index (χ2v) is 6.13. The summed E-state index contributed by atoms with van der Waals surface area (Å²) < 4.78 is 1.47. The van der Waals surface area contributed by atoms with Crippen molar-refractivity contribution in [3.8, 4) is 0 Å². The first-order valence-corrected chi connectivity index (χ1v) is 7.92. The van der Waals surface area contributed by atoms with E-state index < -0.39 is 0 Å². The normalized spacial score (nSPS) is 11.7. The van der Waals surface area contributed by atoms with Gasteiger partial charge in [-0.3, -0.25) is 14.3 Å². The number of aromatic amines is 1. The minimum atomic E-state index is -0.0943. The summed E-state index contributed by atoms with van der Waals surface area (Å²) in [7, 11) is 0. The summed E-state index contributed by atoms with van der Waals surface area (Å²) in [6.07, 6.45) is 0. The Labute approximate surface area is 140 Å². The van der Waals surface area contributed by atoms with Gasteiger partial charge in [-0.15, -0.1) is 0 Å². The van der Waals surface area contributed by atoms with Crippen LogP contribution < -0.4 is 16.7 Å². The molecule has 2 aromatic heterocycles. The molecule has 0 saturated carbocycles. The highest BCUT2D eigenvalue weighted by atomic mass is 16.1. The maximum atomic E-state index is 12.9. The molecule has 25 heavy (non-hydrogen) atoms. The SMILES string of the molecule is Nn1c2ccccc2c(=O)c2cc3[nH]c4ccccc4c(=O)c3cc21. The van der Waals surface area contributed by atoms with Gasteiger partial charge in [0.05, 0.1) is 21.9 Å². The predicted octanol–water partition coefficient (Wildman–Crippen LogP) is 2.86. The van der Waals surface area contributed by atoms with Crippen LogP contribution in [-0.2, 0) is 0 Å². The lowest BCUT2D eigenvalue weighted by atomic mass is 10.1. The number of H-pyrrole nitrogens is 1. The molecule has 120 valence electrons. The minimum absolute atomic E-state index is 0.0770. The summed E-state index contributed by atoms with van der Waals surface area (Å²) in [4.78, 5) is 29.0. The van der Waals surface area contributed by atoms with Crippen LogP contribution in [0.2, 0.25) is 0 Å². The van der Waals surface area contributed by atoms with Crippen molar-refractivity contribution in [1.29, 1.82) is 0 Å². The van der Waals surface area contributed by atoms with E-state index in [2.05, 4.69) is 4.98 Å². The van der Waals surface area contributed by atoms with Gasteiger partial charge in [0.1, 0.15) is 0 Å². The Bertz CT molecular complexity index is 1440. The zero-order valence-electron chi connectivity index (χ0n) is 13.1. The topological polar surface area (TPSA) is 80.9 Å². The highest BCUT2D eigenvalue weighted by molar-refractivity contribution is 6.03. The monoisotopic (exact) mass is 327 g/mol. The maximum Gasteiger partial charge on any atom is 0.197 e. The first-order chi connectivity index (χ1) is 12.1. The van der Waals surface area contributed by atoms with Crippen LogP contribution in [0.25, 0.3) is 43.6 Å². The van der Waals surface area contributed by atoms with Gasteiger partial charge in [-0.1, -0.05) is 24.3 Å². The number of nitrogens with zero attached hydrogens (tertiary/aromatic N) is 1. The van der Waals surface area contributed by atoms with E-state index in [0.29, 0.717) is 38.1 Å². The third-order valence-corrected chi connectivity index (χ3v) is 4.73. The molecule has 5 heteroatoms. The molecule has 0 aliphatic heterocycles. The Morgan fingerprint density at radius 3 is 2.20 bits per heavy atom. The van der Waals surface area contributed by atoms with Gasteiger partial charge in [0.15, 0.2) is 10.9 Å². The standard InChI is InChI=1S/C20H13N3O2/c21-23-17-8-4-2-6-12(17)20(25)14-9-16-13(10-18(14)23)19(24)11-5-1-3-7-15(11)22-16/h1-10H,21H2,(H,22,24). The smallest absolute Gasteiger partial charge is 0.197 e. The van der Waals surface area contributed by atoms with Gasteiger partial charge in [-0.2, -0.15) is 0 Å². The Balaban J connectivity index is 2.09. The van der Waals surface area contributed by atoms with Crippen LogP contribution >= 0.6 is 0 Å². The van der Waals surface area contributed by atoms with Gasteiger partial charge < -0.3 is 10.8 Å². The number of aromatic nitrogens is 2. The van der Waals surface area contributed by atoms with Crippen LogP contribution in [0.15, 0.2) is 70.3 Å². The maximum absolute atomic E-state index is 12.9. The van der Waals surface area contributed by atoms with E-state index in [1.165, 1.54) is 4.68 Å². The van der Waals surface area contributed by atoms with E-state index in [9.17, 15) is 9.59 Å². The van der Waals surface area contributed by atoms with Gasteiger partial charge in [0.2, 0.25) is 0 Å². The van der Waals surface area contributed by atoms with Gasteiger partial charge in [-0.05, 0) is 36.4 Å². The fraction of sp³-hybridized carbons (Fsp3) is 0. The molecule has 5 rings (SSSR count). The summed E-state index contributed by atoms with van der Waals surface area (Å²) >= 11 is 0. The van der Waals surface area contributed by atoms with Crippen LogP contribution in [0.5, 0.6) is 0 Å². The van der Waals surface area contributed by atoms with E-state index in [4.69, 9.17) is 5.84 Å². The number of nitrogens with one attached hydrogen (secondary N) is 1. The second kappa shape index (κ2) is 4.70. The lowest BCUT2D eigenvalue weighted by molar-refractivity contribution is 1.10. The van der Waals surface area contributed by atoms with Crippen LogP contribution in [0.3, 0.4) is 0 Å². The molecule has 0 bridgehead atoms. The first kappa shape index (κ1) is 13.8. The summed E-state index contributed by atoms with van der Waals surface area (Å²) in [5, 5.41) is 2.17. The average molecular weight is 327 g/mol. The Morgan fingerprint density at radius 2 is 1.36 bits per heavy atom. The molecule has 5 nitrogen and oxygen atoms in total. The van der Waals surface area contributed by atoms with Crippen molar-refractivity contribution in [2.24, 2.45) is 0 Å². The molecule has 0 unspecified atom stereocenters. The minimum Gasteiger partial charge on any atom is -0.354 e. The van der Waals surface area contributed by atoms with Crippen molar-refractivity contribution >= 4 is 43.6 Å². The Hall–Kier alpha value is -3.60. The number of rotatable bonds is 0. The van der Waals surface area contributed by atoms with Crippen molar-refractivity contribution < 1.29 is 0 Å². The van der Waals surface area contributed by atoms with Crippen molar-refractivity contribution in [2.75, 3.05) is 5.84 Å². The fourth-order valence-corrected chi connectivity index (χ4v) is 3.49. The molecule has 0 aliphatic carbocycles. The Morgan fingerprint density at radius 1 is 0.680 bits per heavy atom. The number of fused-ring (bicyclic) bond motifs is 4. The average Bonchev–Trinajstić information content (AvgIpc) is 2.65. The second-order valence-electron chi connectivity index (χ2n) is 6.13. The number of nitrogens with two attached hydrogens (primary N) is 1. The molecule has 0 saturated heterocycles. The van der Waals surface area contributed by atoms with E-state index in [0.717, 1.165) is 5.52 Å². The molecule has 2 heterocycles. The van der Waals surface area contributed by atoms with Crippen LogP contribution in [0.4, 0.5) is 0 Å². The number of hydrogen-bond acceptors (Lipinski definition) is 3. The van der Waals surface area contributed by atoms with Crippen molar-refractivity contribution in [2.45, 2.75) is 0 Å². The highest BCUT2D eigenvalue weighted by Gasteiger charge is 2.12. The summed E-state index contributed by atoms with van der Waals surface area (Å²) in [5.41, 5.74) is 2.38. The number of pyridine rings is 2. The molecule has 0 aliphatic rings. The number of para-hydroxylation sites is 2. The van der Waals surface area contributed by atoms with Gasteiger partial charge in [0.25, 0.3) is 0 Å². The number of benzene rings is 3. The highest BCUT2D eigenvalue weighted by Crippen LogP contribution is 2.22. The third kappa shape index (κ3) is 1.77. The van der Waals surface area contributed by atoms with E-state index in [1.54, 1.807) is 30.3 Å². The predicted molar refractivity (Wildman–Crippen MR) is 101 cm³/mol. The van der Waals surface area contributed by atoms with Gasteiger partial charge in [0, 0.05) is 21.7 Å². The van der Waals surface area contributed by atoms with E-state index in [-0.39, 0.29) is 10.9 Å².